The maximum absolute atomic E-state index is 14.4. The van der Waals surface area contributed by atoms with Crippen molar-refractivity contribution in [2.45, 2.75) is 102 Å². The van der Waals surface area contributed by atoms with Crippen LogP contribution in [0.2, 0.25) is 0 Å². The number of para-hydroxylation sites is 2. The van der Waals surface area contributed by atoms with E-state index in [9.17, 15) is 27.4 Å². The third kappa shape index (κ3) is 15.5. The minimum atomic E-state index is -4.54. The molecular weight excluding hydrogens is 1350 g/mol. The normalized spacial score (nSPS) is 16.5. The van der Waals surface area contributed by atoms with Crippen molar-refractivity contribution in [3.8, 4) is 17.2 Å². The molecule has 5 aromatic carbocycles. The van der Waals surface area contributed by atoms with E-state index in [0.29, 0.717) is 92.4 Å². The number of ether oxygens (including phenoxy) is 6. The minimum Gasteiger partial charge on any atom is -0.522 e. The largest absolute Gasteiger partial charge is 0.522 e. The summed E-state index contributed by atoms with van der Waals surface area (Å²) >= 11 is 0. The molecule has 4 aliphatic heterocycles. The van der Waals surface area contributed by atoms with Crippen molar-refractivity contribution < 1.29 is 110 Å². The quantitative estimate of drug-likeness (QED) is 0.0227. The van der Waals surface area contributed by atoms with E-state index in [2.05, 4.69) is 55.6 Å². The molecule has 82 heavy (non-hydrogen) atoms. The average Bonchev–Trinajstić information content (AvgIpc) is 3.97. The summed E-state index contributed by atoms with van der Waals surface area (Å²) in [6.07, 6.45) is 3.14. The number of ketones is 1. The van der Waals surface area contributed by atoms with Crippen LogP contribution in [0.5, 0.6) is 17.2 Å². The van der Waals surface area contributed by atoms with Crippen LogP contribution in [-0.4, -0.2) is 126 Å². The van der Waals surface area contributed by atoms with Crippen LogP contribution in [0.1, 0.15) is 94.1 Å². The van der Waals surface area contributed by atoms with Crippen molar-refractivity contribution in [1.82, 2.24) is 0 Å². The van der Waals surface area contributed by atoms with Gasteiger partial charge in [-0.1, -0.05) is 71.0 Å². The zero-order chi connectivity index (χ0) is 56.7. The number of rotatable bonds is 27. The molecule has 0 aromatic heterocycles. The van der Waals surface area contributed by atoms with Gasteiger partial charge in [-0.25, -0.2) is 6.54 Å². The second kappa shape index (κ2) is 29.4. The molecule has 9 rings (SSSR count). The van der Waals surface area contributed by atoms with Crippen LogP contribution < -0.4 is 33.8 Å². The van der Waals surface area contributed by atoms with Crippen LogP contribution in [0, 0.1) is 13.5 Å². The molecule has 0 aliphatic carbocycles. The van der Waals surface area contributed by atoms with Crippen LogP contribution in [0.25, 0.3) is 0 Å². The van der Waals surface area contributed by atoms with Crippen molar-refractivity contribution in [2.24, 2.45) is 0 Å². The molecular formula is C61H73N4O12S3WY-. The number of nitrogens with zero attached hydrogens (tertiary/aromatic N) is 4. The summed E-state index contributed by atoms with van der Waals surface area (Å²) in [6, 6.07) is 30.0. The van der Waals surface area contributed by atoms with Gasteiger partial charge in [0.2, 0.25) is 0 Å². The van der Waals surface area contributed by atoms with Gasteiger partial charge in [-0.3, -0.25) is 18.9 Å². The Labute approximate surface area is 530 Å². The van der Waals surface area contributed by atoms with Crippen molar-refractivity contribution in [3.63, 3.8) is 0 Å². The Morgan fingerprint density at radius 2 is 1.43 bits per heavy atom. The van der Waals surface area contributed by atoms with Crippen molar-refractivity contribution in [2.75, 3.05) is 92.7 Å². The van der Waals surface area contributed by atoms with Crippen molar-refractivity contribution >= 4 is 72.1 Å². The standard InChI is InChI=1S/C61H73N4O12S3.W.Y/c1-8-54(66)58(80(69,70)71)19-26-78-79-61(3,4)39-63(20-21-74-24-25-75-23-22-72-6)47-29-41(37-76-55-33-43-17-18-46-31-44-13-9-11-15-51(44)64(46)59(67)49(43)27-40(55)2)28-42(30-47)38-77-57-35-53-50(34-56(57)73-7)60(68)65-48(36-62(53)5)32-45-14-10-12-16-52(45)65;;/h9-16,27-30,33-36,46,48,58H,8,17-26,31-32,37-39H2,1-7H3,(H,69,70,71);;/q-1;;/t46-,48+,58?;;/m1../s1. The third-order valence-electron chi connectivity index (χ3n) is 15.1. The summed E-state index contributed by atoms with van der Waals surface area (Å²) < 4.78 is 70.1. The van der Waals surface area contributed by atoms with Gasteiger partial charge in [0, 0.05) is 131 Å². The smallest absolute Gasteiger partial charge is 0.275 e. The van der Waals surface area contributed by atoms with Gasteiger partial charge in [0.15, 0.2) is 17.3 Å². The van der Waals surface area contributed by atoms with E-state index in [1.807, 2.05) is 83.3 Å². The molecule has 4 aliphatic rings. The zero-order valence-electron chi connectivity index (χ0n) is 47.7. The monoisotopic (exact) mass is 1420 g/mol. The number of aryl methyl sites for hydroxylation is 2. The fraction of sp³-hybridized carbons (Fsp3) is 0.443. The van der Waals surface area contributed by atoms with E-state index in [0.717, 1.165) is 64.1 Å². The van der Waals surface area contributed by atoms with Gasteiger partial charge in [0.25, 0.3) is 21.9 Å². The van der Waals surface area contributed by atoms with E-state index in [1.54, 1.807) is 38.0 Å². The summed E-state index contributed by atoms with van der Waals surface area (Å²) in [5, 5.41) is -1.46. The summed E-state index contributed by atoms with van der Waals surface area (Å²) in [5.41, 5.74) is 10.5. The molecule has 1 radical (unpaired) electrons. The van der Waals surface area contributed by atoms with E-state index in [-0.39, 0.29) is 104 Å². The number of Topliss-reactive ketones (excluding diaryl/α,β-unsaturated/α-hetero) is 1. The SMILES string of the molecule is CCC(=O)C(CCSSC(C)(C)CN(CCOCCOCCOC)c1cc(COc2cc3c(cc2C)C(=O)N2c4ccccc4C[C@H]2CC3)cc(COc2cc3c(cc2OC)C(=O)N2c4ccccc4C[C@H]2[CH-]N3C)c1)S(=O)(=O)O.[W].[Y]. The van der Waals surface area contributed by atoms with Crippen LogP contribution in [0.4, 0.5) is 22.7 Å². The van der Waals surface area contributed by atoms with Gasteiger partial charge in [-0.05, 0) is 142 Å². The van der Waals surface area contributed by atoms with Crippen LogP contribution in [0.3, 0.4) is 0 Å². The number of carbonyl (C=O) groups excluding carboxylic acids is 3. The molecule has 2 amide bonds. The first-order valence-corrected chi connectivity index (χ1v) is 31.1. The summed E-state index contributed by atoms with van der Waals surface area (Å²) in [6.45, 7) is 13.3. The van der Waals surface area contributed by atoms with Gasteiger partial charge in [0.05, 0.1) is 45.7 Å². The number of anilines is 4. The Morgan fingerprint density at radius 1 is 0.793 bits per heavy atom. The molecule has 1 N–H and O–H groups in total. The van der Waals surface area contributed by atoms with Gasteiger partial charge in [-0.15, -0.1) is 0 Å². The second-order valence-corrected chi connectivity index (χ2v) is 26.1. The van der Waals surface area contributed by atoms with Crippen LogP contribution in [-0.2, 0) is 115 Å². The second-order valence-electron chi connectivity index (χ2n) is 21.3. The van der Waals surface area contributed by atoms with E-state index in [1.165, 1.54) is 16.4 Å². The third-order valence-corrected chi connectivity index (χ3v) is 19.6. The Morgan fingerprint density at radius 3 is 2.10 bits per heavy atom. The minimum absolute atomic E-state index is 0. The molecule has 1 unspecified atom stereocenters. The number of amides is 2. The average molecular weight is 1420 g/mol. The Bertz CT molecular complexity index is 3190. The fourth-order valence-corrected chi connectivity index (χ4v) is 14.8. The summed E-state index contributed by atoms with van der Waals surface area (Å²) in [5.74, 6) is 1.30. The summed E-state index contributed by atoms with van der Waals surface area (Å²) in [4.78, 5) is 49.3. The Kier molecular flexibility index (Phi) is 23.5. The van der Waals surface area contributed by atoms with E-state index in [4.69, 9.17) is 28.4 Å². The molecule has 4 heterocycles. The maximum atomic E-state index is 14.4. The molecule has 437 valence electrons. The number of likely N-dealkylation sites (N-methyl/N-ethyl adjacent to an activating group) is 1. The molecule has 0 saturated carbocycles. The molecule has 3 atom stereocenters. The predicted octanol–water partition coefficient (Wildman–Crippen LogP) is 10.1. The van der Waals surface area contributed by atoms with E-state index < -0.39 is 25.9 Å². The maximum Gasteiger partial charge on any atom is 0.275 e. The zero-order valence-corrected chi connectivity index (χ0v) is 55.9. The number of benzene rings is 5. The molecule has 5 aromatic rings. The van der Waals surface area contributed by atoms with Gasteiger partial charge >= 0.3 is 0 Å². The van der Waals surface area contributed by atoms with Crippen molar-refractivity contribution in [1.29, 1.82) is 0 Å². The number of hydrogen-bond acceptors (Lipinski definition) is 15. The van der Waals surface area contributed by atoms with Crippen LogP contribution >= 0.6 is 21.6 Å². The Hall–Kier alpha value is -4.01. The van der Waals surface area contributed by atoms with Crippen LogP contribution in [0.15, 0.2) is 91.0 Å². The first-order chi connectivity index (χ1) is 38.5. The van der Waals surface area contributed by atoms with E-state index >= 15 is 0 Å². The molecule has 21 heteroatoms. The first-order valence-electron chi connectivity index (χ1n) is 27.3. The molecule has 0 spiro atoms. The Balaban J connectivity index is 0.00000484. The summed E-state index contributed by atoms with van der Waals surface area (Å²) in [7, 11) is 3.64. The fourth-order valence-electron chi connectivity index (χ4n) is 11.2. The first kappa shape index (κ1) is 65.5. The molecule has 0 saturated heterocycles. The van der Waals surface area contributed by atoms with Gasteiger partial charge in [-0.2, -0.15) is 8.42 Å². The number of carbonyl (C=O) groups is 3. The molecule has 0 bridgehead atoms. The number of methoxy groups -OCH3 is 2. The van der Waals surface area contributed by atoms with Gasteiger partial charge < -0.3 is 48.0 Å². The molecule has 16 nitrogen and oxygen atoms in total. The van der Waals surface area contributed by atoms with Gasteiger partial charge in [0.1, 0.15) is 24.2 Å². The topological polar surface area (TPSA) is 174 Å². The number of fused-ring (bicyclic) bond motifs is 8. The number of hydrogen-bond donors (Lipinski definition) is 1. The van der Waals surface area contributed by atoms with Crippen molar-refractivity contribution in [3.05, 3.63) is 142 Å². The predicted molar refractivity (Wildman–Crippen MR) is 317 cm³/mol. The molecule has 0 fully saturated rings.